The lowest BCUT2D eigenvalue weighted by atomic mass is 9.81. The van der Waals surface area contributed by atoms with Gasteiger partial charge in [0.15, 0.2) is 0 Å². The number of nitrogens with two attached hydrogens (primary N) is 1. The molecule has 392 valence electrons. The molecule has 1 spiro atoms. The quantitative estimate of drug-likeness (QED) is 0.136. The number of carbonyl (C=O) groups excluding carboxylic acids is 2. The number of aliphatic carboxylic acids is 1. The summed E-state index contributed by atoms with van der Waals surface area (Å²) >= 11 is 0. The third kappa shape index (κ3) is 15.5. The predicted octanol–water partition coefficient (Wildman–Crippen LogP) is 14.7. The van der Waals surface area contributed by atoms with Crippen molar-refractivity contribution in [3.8, 4) is 0 Å². The number of nitrogens with one attached hydrogen (secondary N) is 1. The molecule has 10 saturated carbocycles. The summed E-state index contributed by atoms with van der Waals surface area (Å²) in [7, 11) is 0. The third-order valence-corrected chi connectivity index (χ3v) is 20.3. The second-order valence-electron chi connectivity index (χ2n) is 24.6. The summed E-state index contributed by atoms with van der Waals surface area (Å²) in [5.74, 6) is 8.93. The van der Waals surface area contributed by atoms with E-state index in [2.05, 4.69) is 25.2 Å². The maximum absolute atomic E-state index is 11.3. The van der Waals surface area contributed by atoms with E-state index in [9.17, 15) is 24.5 Å². The highest BCUT2D eigenvalue weighted by Gasteiger charge is 2.50. The summed E-state index contributed by atoms with van der Waals surface area (Å²) in [4.78, 5) is 43.8. The van der Waals surface area contributed by atoms with E-state index >= 15 is 0 Å². The number of halogens is 1. The summed E-state index contributed by atoms with van der Waals surface area (Å²) < 4.78 is 0. The van der Waals surface area contributed by atoms with Crippen molar-refractivity contribution in [1.82, 2.24) is 5.32 Å². The molecular formula is C58H102ClN3O6. The molecular weight excluding hydrogens is 870 g/mol. The van der Waals surface area contributed by atoms with Crippen molar-refractivity contribution in [3.63, 3.8) is 0 Å². The number of amides is 1. The fourth-order valence-corrected chi connectivity index (χ4v) is 16.9. The van der Waals surface area contributed by atoms with Gasteiger partial charge in [-0.25, -0.2) is 0 Å². The van der Waals surface area contributed by atoms with Gasteiger partial charge in [0, 0.05) is 36.1 Å². The fourth-order valence-electron chi connectivity index (χ4n) is 16.9. The average molecular weight is 973 g/mol. The number of Topliss-reactive ketones (excluding diaryl/α,β-unsaturated/α-hetero) is 1. The second-order valence-corrected chi connectivity index (χ2v) is 24.6. The number of carboxylic acids is 1. The molecule has 9 nitrogen and oxygen atoms in total. The summed E-state index contributed by atoms with van der Waals surface area (Å²) in [6, 6.07) is 0. The van der Waals surface area contributed by atoms with Crippen molar-refractivity contribution < 1.29 is 24.4 Å². The zero-order valence-corrected chi connectivity index (χ0v) is 42.5. The highest BCUT2D eigenvalue weighted by molar-refractivity contribution is 5.85. The van der Waals surface area contributed by atoms with Crippen LogP contribution in [0.3, 0.4) is 0 Å². The Morgan fingerprint density at radius 1 is 0.647 bits per heavy atom. The van der Waals surface area contributed by atoms with Gasteiger partial charge in [-0.2, -0.15) is 0 Å². The molecule has 10 heteroatoms. The van der Waals surface area contributed by atoms with Crippen LogP contribution < -0.4 is 11.1 Å². The van der Waals surface area contributed by atoms with Crippen LogP contribution in [0.1, 0.15) is 241 Å². The number of ketones is 1. The number of hydrogen-bond acceptors (Lipinski definition) is 6. The number of carbonyl (C=O) groups is 3. The molecule has 0 aromatic heterocycles. The molecule has 68 heavy (non-hydrogen) atoms. The van der Waals surface area contributed by atoms with Gasteiger partial charge in [0.25, 0.3) is 0 Å². The minimum atomic E-state index is -0.681. The Morgan fingerprint density at radius 3 is 1.31 bits per heavy atom. The first-order valence-corrected chi connectivity index (χ1v) is 27.8. The SMILES string of the molecule is C.C.CC=C1C[C@H]2CCCC[C@@H]2C1.CCC1(C[N+](=O)[O-])C[C@H]2CCCC[C@@H]2C1.Cl.NCC1(CC(=O)O)C[C@H]2CCCC[C@@H]2C1.O=C1CC2(CN1)C[C@H]1CCCC[C@@H]1C2.O=C1C[C@H]2CCCC[C@@H]2C1. The summed E-state index contributed by atoms with van der Waals surface area (Å²) in [6.07, 6.45) is 43.9. The summed E-state index contributed by atoms with van der Waals surface area (Å²) in [5, 5.41) is 22.7. The highest BCUT2D eigenvalue weighted by Crippen LogP contribution is 2.56. The maximum atomic E-state index is 11.3. The smallest absolute Gasteiger partial charge is 0.303 e. The minimum absolute atomic E-state index is 0. The van der Waals surface area contributed by atoms with Crippen LogP contribution >= 0.6 is 12.4 Å². The number of nitro groups is 1. The van der Waals surface area contributed by atoms with Crippen molar-refractivity contribution in [2.45, 2.75) is 241 Å². The Kier molecular flexibility index (Phi) is 23.4. The first-order valence-electron chi connectivity index (χ1n) is 27.8. The van der Waals surface area contributed by atoms with E-state index in [1.165, 1.54) is 154 Å². The van der Waals surface area contributed by atoms with Gasteiger partial charge in [-0.05, 0) is 167 Å². The number of allylic oxidation sites excluding steroid dienone is 2. The molecule has 0 unspecified atom stereocenters. The molecule has 10 atom stereocenters. The number of nitrogens with zero attached hydrogens (tertiary/aromatic N) is 1. The fraction of sp³-hybridized carbons (Fsp3) is 0.914. The van der Waals surface area contributed by atoms with Gasteiger partial charge >= 0.3 is 5.97 Å². The van der Waals surface area contributed by atoms with Crippen LogP contribution in [-0.2, 0) is 14.4 Å². The molecule has 0 bridgehead atoms. The number of fused-ring (bicyclic) bond motifs is 5. The van der Waals surface area contributed by atoms with Gasteiger partial charge in [-0.15, -0.1) is 12.4 Å². The lowest BCUT2D eigenvalue weighted by Gasteiger charge is -2.25. The van der Waals surface area contributed by atoms with E-state index in [0.717, 1.165) is 117 Å². The van der Waals surface area contributed by atoms with Gasteiger partial charge in [-0.3, -0.25) is 24.5 Å². The van der Waals surface area contributed by atoms with Crippen molar-refractivity contribution in [2.75, 3.05) is 19.6 Å². The van der Waals surface area contributed by atoms with Crippen LogP contribution in [0.15, 0.2) is 11.6 Å². The van der Waals surface area contributed by atoms with E-state index in [0.29, 0.717) is 23.7 Å². The molecule has 11 aliphatic rings. The molecule has 1 saturated heterocycles. The molecule has 11 rings (SSSR count). The second kappa shape index (κ2) is 27.2. The highest BCUT2D eigenvalue weighted by atomic mass is 35.5. The van der Waals surface area contributed by atoms with Crippen molar-refractivity contribution >= 4 is 30.1 Å². The number of hydrogen-bond donors (Lipinski definition) is 3. The lowest BCUT2D eigenvalue weighted by Crippen LogP contribution is -2.30. The molecule has 1 heterocycles. The van der Waals surface area contributed by atoms with Crippen LogP contribution in [0.2, 0.25) is 0 Å². The standard InChI is InChI=1S/2C12H21NO2.C12H19NO.C11H18.C9H14O.2CH4.ClH/c1-2-12(9-13(14)15)7-10-5-3-4-6-11(10)8-12;13-8-12(7-11(14)15)5-9-3-1-2-4-10(9)6-12;14-11-7-12(8-13-11)5-9-3-1-2-4-10(9)6-12;1-2-9-7-10-5-3-4-6-11(10)8-9;10-9-5-7-3-1-2-4-8(7)6-9;;;/h10-11H,2-9H2,1H3;9-10H,1-8,13H2,(H,14,15);9-10H,1-8H2,(H,13,14);2,10-11H,3-8H2,1H3;7-8H,1-6H2;2*1H4;1H/t10-,11-;2*9-,10-;10-,11-;7-,8-;;;/m11111.../s1. The van der Waals surface area contributed by atoms with Gasteiger partial charge in [-0.1, -0.05) is 136 Å². The zero-order valence-electron chi connectivity index (χ0n) is 41.7. The Labute approximate surface area is 421 Å². The number of rotatable bonds is 6. The topological polar surface area (TPSA) is 153 Å². The summed E-state index contributed by atoms with van der Waals surface area (Å²) in [5.41, 5.74) is 7.90. The number of carboxylic acid groups (broad SMARTS) is 1. The maximum Gasteiger partial charge on any atom is 0.303 e. The normalized spacial score (nSPS) is 34.9. The molecule has 0 radical (unpaired) electrons. The van der Waals surface area contributed by atoms with Crippen LogP contribution in [0.25, 0.3) is 0 Å². The van der Waals surface area contributed by atoms with E-state index in [-0.39, 0.29) is 56.0 Å². The Balaban J connectivity index is 0.000000185. The van der Waals surface area contributed by atoms with Gasteiger partial charge < -0.3 is 16.2 Å². The van der Waals surface area contributed by atoms with E-state index in [4.69, 9.17) is 10.8 Å². The monoisotopic (exact) mass is 972 g/mol. The van der Waals surface area contributed by atoms with Crippen LogP contribution in [0.4, 0.5) is 0 Å². The molecule has 0 aromatic carbocycles. The molecule has 1 aliphatic heterocycles. The molecule has 0 aromatic rings. The van der Waals surface area contributed by atoms with E-state index in [1.807, 2.05) is 0 Å². The van der Waals surface area contributed by atoms with E-state index in [1.54, 1.807) is 5.57 Å². The van der Waals surface area contributed by atoms with Crippen molar-refractivity contribution in [2.24, 2.45) is 81.2 Å². The average Bonchev–Trinajstić information content (AvgIpc) is 4.16. The first-order chi connectivity index (χ1) is 31.3. The molecule has 4 N–H and O–H groups in total. The Hall–Kier alpha value is -2.00. The van der Waals surface area contributed by atoms with Crippen LogP contribution in [0, 0.1) is 85.5 Å². The van der Waals surface area contributed by atoms with Crippen LogP contribution in [0.5, 0.6) is 0 Å². The van der Waals surface area contributed by atoms with E-state index < -0.39 is 5.97 Å². The Bertz CT molecular complexity index is 1510. The Morgan fingerprint density at radius 2 is 1.00 bits per heavy atom. The summed E-state index contributed by atoms with van der Waals surface area (Å²) in [6.45, 7) is 6.05. The first kappa shape index (κ1) is 58.6. The van der Waals surface area contributed by atoms with Crippen LogP contribution in [-0.4, -0.2) is 47.3 Å². The van der Waals surface area contributed by atoms with Crippen molar-refractivity contribution in [3.05, 3.63) is 21.8 Å². The molecule has 10 aliphatic carbocycles. The minimum Gasteiger partial charge on any atom is -0.481 e. The largest absolute Gasteiger partial charge is 0.481 e. The third-order valence-electron chi connectivity index (χ3n) is 20.3. The zero-order chi connectivity index (χ0) is 46.0. The van der Waals surface area contributed by atoms with Gasteiger partial charge in [0.05, 0.1) is 6.42 Å². The lowest BCUT2D eigenvalue weighted by molar-refractivity contribution is -0.497. The van der Waals surface area contributed by atoms with Crippen molar-refractivity contribution in [1.29, 1.82) is 0 Å². The predicted molar refractivity (Wildman–Crippen MR) is 281 cm³/mol. The molecule has 11 fully saturated rings. The van der Waals surface area contributed by atoms with Gasteiger partial charge in [0.1, 0.15) is 5.78 Å². The molecule has 1 amide bonds. The van der Waals surface area contributed by atoms with Gasteiger partial charge in [0.2, 0.25) is 12.5 Å².